The molecule has 1 unspecified atom stereocenters. The molecule has 17 heavy (non-hydrogen) atoms. The summed E-state index contributed by atoms with van der Waals surface area (Å²) in [7, 11) is 0. The first-order chi connectivity index (χ1) is 7.80. The van der Waals surface area contributed by atoms with Crippen molar-refractivity contribution in [3.8, 4) is 0 Å². The smallest absolute Gasteiger partial charge is 0.225 e. The van der Waals surface area contributed by atoms with E-state index in [1.165, 1.54) is 0 Å². The summed E-state index contributed by atoms with van der Waals surface area (Å²) < 4.78 is 0. The first kappa shape index (κ1) is 13.7. The molecule has 0 spiro atoms. The SMILES string of the molecule is CC(C)C(Cn1nccn1)NC(=O)C(C)(C)C. The highest BCUT2D eigenvalue weighted by molar-refractivity contribution is 5.81. The van der Waals surface area contributed by atoms with E-state index < -0.39 is 0 Å². The first-order valence-electron chi connectivity index (χ1n) is 5.96. The van der Waals surface area contributed by atoms with Crippen molar-refractivity contribution in [3.63, 3.8) is 0 Å². The number of rotatable bonds is 4. The van der Waals surface area contributed by atoms with Gasteiger partial charge in [-0.1, -0.05) is 34.6 Å². The van der Waals surface area contributed by atoms with Crippen LogP contribution in [-0.4, -0.2) is 26.9 Å². The van der Waals surface area contributed by atoms with E-state index in [1.54, 1.807) is 17.2 Å². The van der Waals surface area contributed by atoms with Crippen molar-refractivity contribution in [2.45, 2.75) is 47.2 Å². The molecule has 5 nitrogen and oxygen atoms in total. The van der Waals surface area contributed by atoms with Crippen LogP contribution in [0.1, 0.15) is 34.6 Å². The Morgan fingerprint density at radius 2 is 1.82 bits per heavy atom. The van der Waals surface area contributed by atoms with Crippen LogP contribution in [0.25, 0.3) is 0 Å². The maximum Gasteiger partial charge on any atom is 0.225 e. The number of nitrogens with zero attached hydrogens (tertiary/aromatic N) is 3. The van der Waals surface area contributed by atoms with E-state index in [1.807, 2.05) is 20.8 Å². The number of hydrogen-bond donors (Lipinski definition) is 1. The van der Waals surface area contributed by atoms with Gasteiger partial charge in [-0.2, -0.15) is 15.0 Å². The Morgan fingerprint density at radius 3 is 2.24 bits per heavy atom. The number of amides is 1. The van der Waals surface area contributed by atoms with E-state index in [0.29, 0.717) is 12.5 Å². The fourth-order valence-electron chi connectivity index (χ4n) is 1.32. The molecular weight excluding hydrogens is 216 g/mol. The first-order valence-corrected chi connectivity index (χ1v) is 5.96. The summed E-state index contributed by atoms with van der Waals surface area (Å²) in [6.45, 7) is 10.5. The zero-order valence-corrected chi connectivity index (χ0v) is 11.3. The number of nitrogens with one attached hydrogen (secondary N) is 1. The molecule has 1 aromatic heterocycles. The van der Waals surface area contributed by atoms with Crippen LogP contribution in [0.4, 0.5) is 0 Å². The lowest BCUT2D eigenvalue weighted by molar-refractivity contribution is -0.129. The molecule has 0 radical (unpaired) electrons. The average molecular weight is 238 g/mol. The van der Waals surface area contributed by atoms with Crippen LogP contribution in [-0.2, 0) is 11.3 Å². The quantitative estimate of drug-likeness (QED) is 0.864. The van der Waals surface area contributed by atoms with Gasteiger partial charge in [-0.15, -0.1) is 0 Å². The number of aromatic nitrogens is 3. The Balaban J connectivity index is 2.64. The second kappa shape index (κ2) is 5.29. The maximum absolute atomic E-state index is 11.9. The summed E-state index contributed by atoms with van der Waals surface area (Å²) in [6, 6.07) is 0.0501. The molecule has 1 amide bonds. The van der Waals surface area contributed by atoms with Gasteiger partial charge in [-0.05, 0) is 5.92 Å². The van der Waals surface area contributed by atoms with Crippen LogP contribution < -0.4 is 5.32 Å². The fourth-order valence-corrected chi connectivity index (χ4v) is 1.32. The number of carbonyl (C=O) groups excluding carboxylic acids is 1. The van der Waals surface area contributed by atoms with Crippen molar-refractivity contribution < 1.29 is 4.79 Å². The topological polar surface area (TPSA) is 59.8 Å². The van der Waals surface area contributed by atoms with Crippen molar-refractivity contribution in [1.29, 1.82) is 0 Å². The molecular formula is C12H22N4O. The summed E-state index contributed by atoms with van der Waals surface area (Å²) in [6.07, 6.45) is 3.28. The van der Waals surface area contributed by atoms with Gasteiger partial charge in [0.05, 0.1) is 25.0 Å². The van der Waals surface area contributed by atoms with Crippen molar-refractivity contribution >= 4 is 5.91 Å². The van der Waals surface area contributed by atoms with Gasteiger partial charge in [0, 0.05) is 5.41 Å². The molecule has 5 heteroatoms. The van der Waals surface area contributed by atoms with Gasteiger partial charge in [-0.3, -0.25) is 4.79 Å². The zero-order valence-electron chi connectivity index (χ0n) is 11.3. The van der Waals surface area contributed by atoms with Crippen LogP contribution in [0.5, 0.6) is 0 Å². The van der Waals surface area contributed by atoms with E-state index in [9.17, 15) is 4.79 Å². The van der Waals surface area contributed by atoms with Crippen LogP contribution >= 0.6 is 0 Å². The van der Waals surface area contributed by atoms with Gasteiger partial charge in [-0.25, -0.2) is 0 Å². The Hall–Kier alpha value is -1.39. The molecule has 1 aromatic rings. The Labute approximate surface area is 103 Å². The van der Waals surface area contributed by atoms with Crippen LogP contribution in [0, 0.1) is 11.3 Å². The highest BCUT2D eigenvalue weighted by atomic mass is 16.2. The minimum atomic E-state index is -0.370. The molecule has 1 rings (SSSR count). The van der Waals surface area contributed by atoms with Crippen LogP contribution in [0.15, 0.2) is 12.4 Å². The predicted octanol–water partition coefficient (Wildman–Crippen LogP) is 1.46. The molecule has 0 saturated carbocycles. The molecule has 0 aliphatic rings. The largest absolute Gasteiger partial charge is 0.351 e. The van der Waals surface area contributed by atoms with E-state index in [2.05, 4.69) is 29.4 Å². The predicted molar refractivity (Wildman–Crippen MR) is 66.2 cm³/mol. The molecule has 1 atom stereocenters. The second-order valence-electron chi connectivity index (χ2n) is 5.66. The van der Waals surface area contributed by atoms with Gasteiger partial charge in [0.1, 0.15) is 0 Å². The lowest BCUT2D eigenvalue weighted by Gasteiger charge is -2.26. The Kier molecular flexibility index (Phi) is 4.26. The number of carbonyl (C=O) groups is 1. The molecule has 1 heterocycles. The Bertz CT molecular complexity index is 351. The van der Waals surface area contributed by atoms with Crippen LogP contribution in [0.2, 0.25) is 0 Å². The van der Waals surface area contributed by atoms with Crippen LogP contribution in [0.3, 0.4) is 0 Å². The van der Waals surface area contributed by atoms with E-state index >= 15 is 0 Å². The van der Waals surface area contributed by atoms with E-state index in [-0.39, 0.29) is 17.4 Å². The highest BCUT2D eigenvalue weighted by Crippen LogP contribution is 2.14. The minimum Gasteiger partial charge on any atom is -0.351 e. The lowest BCUT2D eigenvalue weighted by atomic mass is 9.94. The van der Waals surface area contributed by atoms with Gasteiger partial charge >= 0.3 is 0 Å². The monoisotopic (exact) mass is 238 g/mol. The molecule has 0 aromatic carbocycles. The summed E-state index contributed by atoms with van der Waals surface area (Å²) in [5, 5.41) is 11.2. The zero-order chi connectivity index (χ0) is 13.1. The van der Waals surface area contributed by atoms with E-state index in [4.69, 9.17) is 0 Å². The molecule has 0 bridgehead atoms. The number of hydrogen-bond acceptors (Lipinski definition) is 3. The maximum atomic E-state index is 11.9. The van der Waals surface area contributed by atoms with Crippen molar-refractivity contribution in [3.05, 3.63) is 12.4 Å². The summed E-state index contributed by atoms with van der Waals surface area (Å²) in [5.41, 5.74) is -0.370. The summed E-state index contributed by atoms with van der Waals surface area (Å²) >= 11 is 0. The molecule has 0 aliphatic heterocycles. The van der Waals surface area contributed by atoms with Gasteiger partial charge in [0.2, 0.25) is 5.91 Å². The van der Waals surface area contributed by atoms with Crippen molar-refractivity contribution in [2.24, 2.45) is 11.3 Å². The van der Waals surface area contributed by atoms with Crippen molar-refractivity contribution in [1.82, 2.24) is 20.3 Å². The molecule has 0 aliphatic carbocycles. The third kappa shape index (κ3) is 4.17. The normalized spacial score (nSPS) is 13.8. The second-order valence-corrected chi connectivity index (χ2v) is 5.66. The standard InChI is InChI=1S/C12H22N4O/c1-9(2)10(8-16-13-6-7-14-16)15-11(17)12(3,4)5/h6-7,9-10H,8H2,1-5H3,(H,15,17). The lowest BCUT2D eigenvalue weighted by Crippen LogP contribution is -2.46. The third-order valence-electron chi connectivity index (χ3n) is 2.63. The van der Waals surface area contributed by atoms with Gasteiger partial charge < -0.3 is 5.32 Å². The molecule has 0 fully saturated rings. The summed E-state index contributed by atoms with van der Waals surface area (Å²) in [4.78, 5) is 13.6. The highest BCUT2D eigenvalue weighted by Gasteiger charge is 2.25. The molecule has 96 valence electrons. The summed E-state index contributed by atoms with van der Waals surface area (Å²) in [5.74, 6) is 0.399. The van der Waals surface area contributed by atoms with Crippen molar-refractivity contribution in [2.75, 3.05) is 0 Å². The minimum absolute atomic E-state index is 0.0501. The molecule has 1 N–H and O–H groups in total. The Morgan fingerprint density at radius 1 is 1.29 bits per heavy atom. The van der Waals surface area contributed by atoms with Gasteiger partial charge in [0.25, 0.3) is 0 Å². The average Bonchev–Trinajstić information content (AvgIpc) is 2.67. The third-order valence-corrected chi connectivity index (χ3v) is 2.63. The van der Waals surface area contributed by atoms with E-state index in [0.717, 1.165) is 0 Å². The van der Waals surface area contributed by atoms with Gasteiger partial charge in [0.15, 0.2) is 0 Å². The molecule has 0 saturated heterocycles. The fraction of sp³-hybridized carbons (Fsp3) is 0.750.